The van der Waals surface area contributed by atoms with Crippen molar-refractivity contribution in [3.8, 4) is 0 Å². The lowest BCUT2D eigenvalue weighted by molar-refractivity contribution is 0.0485. The van der Waals surface area contributed by atoms with Crippen molar-refractivity contribution in [2.24, 2.45) is 0 Å². The normalized spacial score (nSPS) is 14.6. The van der Waals surface area contributed by atoms with Crippen LogP contribution in [0.25, 0.3) is 0 Å². The second kappa shape index (κ2) is 6.50. The maximum atomic E-state index is 13.2. The lowest BCUT2D eigenvalue weighted by atomic mass is 9.91. The molecule has 1 atom stereocenters. The van der Waals surface area contributed by atoms with Gasteiger partial charge in [-0.1, -0.05) is 42.1 Å². The fraction of sp³-hybridized carbons (Fsp3) is 0.571. The number of benzene rings is 1. The molecule has 1 aromatic rings. The Labute approximate surface area is 111 Å². The van der Waals surface area contributed by atoms with Gasteiger partial charge in [-0.3, -0.25) is 0 Å². The van der Waals surface area contributed by atoms with E-state index < -0.39 is 5.60 Å². The molecule has 0 spiro atoms. The molecule has 1 rings (SSSR count). The molecular formula is C14H20BrFO. The van der Waals surface area contributed by atoms with E-state index >= 15 is 0 Å². The first-order valence-corrected chi connectivity index (χ1v) is 6.89. The van der Waals surface area contributed by atoms with Crippen LogP contribution in [0.1, 0.15) is 45.1 Å². The van der Waals surface area contributed by atoms with Gasteiger partial charge in [0, 0.05) is 10.9 Å². The zero-order chi connectivity index (χ0) is 12.9. The van der Waals surface area contributed by atoms with Gasteiger partial charge in [-0.15, -0.1) is 0 Å². The van der Waals surface area contributed by atoms with Crippen LogP contribution in [0.15, 0.2) is 22.7 Å². The van der Waals surface area contributed by atoms with Crippen LogP contribution in [0.3, 0.4) is 0 Å². The van der Waals surface area contributed by atoms with E-state index in [9.17, 15) is 9.50 Å². The van der Waals surface area contributed by atoms with Crippen molar-refractivity contribution in [3.05, 3.63) is 34.1 Å². The Bertz CT molecular complexity index is 343. The molecule has 1 aromatic carbocycles. The number of aliphatic hydroxyl groups is 1. The van der Waals surface area contributed by atoms with Gasteiger partial charge < -0.3 is 5.11 Å². The van der Waals surface area contributed by atoms with Crippen molar-refractivity contribution in [2.75, 3.05) is 0 Å². The molecule has 1 nitrogen and oxygen atoms in total. The molecule has 0 heterocycles. The van der Waals surface area contributed by atoms with Crippen molar-refractivity contribution in [1.82, 2.24) is 0 Å². The second-order valence-electron chi connectivity index (χ2n) is 4.91. The van der Waals surface area contributed by atoms with Gasteiger partial charge in [0.1, 0.15) is 5.82 Å². The zero-order valence-electron chi connectivity index (χ0n) is 10.5. The van der Waals surface area contributed by atoms with Crippen molar-refractivity contribution < 1.29 is 9.50 Å². The minimum atomic E-state index is -0.748. The Balaban J connectivity index is 2.62. The smallest absolute Gasteiger partial charge is 0.124 e. The first-order valence-electron chi connectivity index (χ1n) is 6.10. The van der Waals surface area contributed by atoms with Gasteiger partial charge in [0.15, 0.2) is 0 Å². The minimum Gasteiger partial charge on any atom is -0.390 e. The van der Waals surface area contributed by atoms with Crippen LogP contribution in [0.2, 0.25) is 0 Å². The summed E-state index contributed by atoms with van der Waals surface area (Å²) in [4.78, 5) is 0. The number of hydrogen-bond acceptors (Lipinski definition) is 1. The van der Waals surface area contributed by atoms with Gasteiger partial charge in [0.2, 0.25) is 0 Å². The van der Waals surface area contributed by atoms with Crippen molar-refractivity contribution in [2.45, 2.75) is 51.6 Å². The molecule has 17 heavy (non-hydrogen) atoms. The monoisotopic (exact) mass is 302 g/mol. The van der Waals surface area contributed by atoms with E-state index in [0.29, 0.717) is 6.42 Å². The maximum Gasteiger partial charge on any atom is 0.124 e. The number of rotatable bonds is 6. The van der Waals surface area contributed by atoms with Gasteiger partial charge in [-0.2, -0.15) is 0 Å². The van der Waals surface area contributed by atoms with Crippen LogP contribution in [0.4, 0.5) is 4.39 Å². The molecule has 0 bridgehead atoms. The van der Waals surface area contributed by atoms with Gasteiger partial charge in [0.25, 0.3) is 0 Å². The topological polar surface area (TPSA) is 20.2 Å². The SMILES string of the molecule is CCCCCC(C)(O)Cc1cc(F)cc(Br)c1. The minimum absolute atomic E-state index is 0.265. The third-order valence-electron chi connectivity index (χ3n) is 2.83. The maximum absolute atomic E-state index is 13.2. The van der Waals surface area contributed by atoms with E-state index in [2.05, 4.69) is 22.9 Å². The highest BCUT2D eigenvalue weighted by atomic mass is 79.9. The molecule has 1 unspecified atom stereocenters. The first kappa shape index (κ1) is 14.7. The van der Waals surface area contributed by atoms with Crippen LogP contribution in [0.5, 0.6) is 0 Å². The van der Waals surface area contributed by atoms with E-state index in [0.717, 1.165) is 35.7 Å². The Hall–Kier alpha value is -0.410. The Morgan fingerprint density at radius 3 is 2.59 bits per heavy atom. The number of halogens is 2. The summed E-state index contributed by atoms with van der Waals surface area (Å²) in [7, 11) is 0. The summed E-state index contributed by atoms with van der Waals surface area (Å²) in [6, 6.07) is 4.77. The predicted molar refractivity (Wildman–Crippen MR) is 72.6 cm³/mol. The highest BCUT2D eigenvalue weighted by Gasteiger charge is 2.20. The molecule has 0 fully saturated rings. The number of hydrogen-bond donors (Lipinski definition) is 1. The van der Waals surface area contributed by atoms with E-state index in [1.807, 2.05) is 13.0 Å². The van der Waals surface area contributed by atoms with Crippen molar-refractivity contribution in [1.29, 1.82) is 0 Å². The summed E-state index contributed by atoms with van der Waals surface area (Å²) < 4.78 is 13.9. The Kier molecular flexibility index (Phi) is 5.60. The first-order chi connectivity index (χ1) is 7.93. The van der Waals surface area contributed by atoms with Gasteiger partial charge in [-0.25, -0.2) is 4.39 Å². The highest BCUT2D eigenvalue weighted by Crippen LogP contribution is 2.23. The molecule has 0 radical (unpaired) electrons. The van der Waals surface area contributed by atoms with Gasteiger partial charge in [0.05, 0.1) is 5.60 Å². The Morgan fingerprint density at radius 2 is 2.00 bits per heavy atom. The molecule has 96 valence electrons. The van der Waals surface area contributed by atoms with Crippen molar-refractivity contribution in [3.63, 3.8) is 0 Å². The molecule has 3 heteroatoms. The molecule has 0 aliphatic rings. The fourth-order valence-corrected chi connectivity index (χ4v) is 2.51. The molecule has 1 N–H and O–H groups in total. The Morgan fingerprint density at radius 1 is 1.29 bits per heavy atom. The fourth-order valence-electron chi connectivity index (χ4n) is 2.00. The van der Waals surface area contributed by atoms with E-state index in [4.69, 9.17) is 0 Å². The molecule has 0 aliphatic carbocycles. The molecular weight excluding hydrogens is 283 g/mol. The van der Waals surface area contributed by atoms with Crippen molar-refractivity contribution >= 4 is 15.9 Å². The van der Waals surface area contributed by atoms with E-state index in [1.54, 1.807) is 0 Å². The second-order valence-corrected chi connectivity index (χ2v) is 5.82. The molecule has 0 aliphatic heterocycles. The quantitative estimate of drug-likeness (QED) is 0.769. The highest BCUT2D eigenvalue weighted by molar-refractivity contribution is 9.10. The summed E-state index contributed by atoms with van der Waals surface area (Å²) in [5, 5.41) is 10.2. The molecule has 0 saturated carbocycles. The van der Waals surface area contributed by atoms with Gasteiger partial charge in [-0.05, 0) is 37.1 Å². The van der Waals surface area contributed by atoms with Crippen LogP contribution < -0.4 is 0 Å². The predicted octanol–water partition coefficient (Wildman–Crippen LogP) is 4.46. The third-order valence-corrected chi connectivity index (χ3v) is 3.28. The average Bonchev–Trinajstić information content (AvgIpc) is 2.14. The van der Waals surface area contributed by atoms with Crippen LogP contribution in [0, 0.1) is 5.82 Å². The number of unbranched alkanes of at least 4 members (excludes halogenated alkanes) is 2. The standard InChI is InChI=1S/C14H20BrFO/c1-3-4-5-6-14(2,17)10-11-7-12(15)9-13(16)8-11/h7-9,17H,3-6,10H2,1-2H3. The van der Waals surface area contributed by atoms with Crippen LogP contribution in [-0.2, 0) is 6.42 Å². The third kappa shape index (κ3) is 5.64. The summed E-state index contributed by atoms with van der Waals surface area (Å²) in [6.07, 6.45) is 4.53. The molecule has 0 aromatic heterocycles. The molecule has 0 amide bonds. The lowest BCUT2D eigenvalue weighted by Crippen LogP contribution is -2.27. The summed E-state index contributed by atoms with van der Waals surface area (Å²) in [5.41, 5.74) is 0.0842. The van der Waals surface area contributed by atoms with Crippen LogP contribution >= 0.6 is 15.9 Å². The molecule has 0 saturated heterocycles. The van der Waals surface area contributed by atoms with Gasteiger partial charge >= 0.3 is 0 Å². The van der Waals surface area contributed by atoms with Crippen LogP contribution in [-0.4, -0.2) is 10.7 Å². The van der Waals surface area contributed by atoms with E-state index in [-0.39, 0.29) is 5.82 Å². The largest absolute Gasteiger partial charge is 0.390 e. The average molecular weight is 303 g/mol. The summed E-state index contributed by atoms with van der Waals surface area (Å²) >= 11 is 3.26. The summed E-state index contributed by atoms with van der Waals surface area (Å²) in [5.74, 6) is -0.265. The lowest BCUT2D eigenvalue weighted by Gasteiger charge is -2.23. The van der Waals surface area contributed by atoms with E-state index in [1.165, 1.54) is 12.1 Å². The summed E-state index contributed by atoms with van der Waals surface area (Å²) in [6.45, 7) is 3.96. The zero-order valence-corrected chi connectivity index (χ0v) is 12.1.